The summed E-state index contributed by atoms with van der Waals surface area (Å²) in [7, 11) is 0. The van der Waals surface area contributed by atoms with Gasteiger partial charge in [0.05, 0.1) is 23.3 Å². The molecule has 1 N–H and O–H groups in total. The molecule has 0 bridgehead atoms. The van der Waals surface area contributed by atoms with E-state index in [4.69, 9.17) is 5.11 Å². The molecule has 0 spiro atoms. The van der Waals surface area contributed by atoms with Gasteiger partial charge in [-0.05, 0) is 12.1 Å². The Labute approximate surface area is 109 Å². The maximum atomic E-state index is 10.8. The molecule has 4 nitrogen and oxygen atoms in total. The first kappa shape index (κ1) is 12.7. The average Bonchev–Trinajstić information content (AvgIpc) is 2.70. The van der Waals surface area contributed by atoms with Gasteiger partial charge in [0.1, 0.15) is 5.01 Å². The van der Waals surface area contributed by atoms with Crippen LogP contribution >= 0.6 is 11.3 Å². The molecule has 1 heterocycles. The number of hydrogen-bond acceptors (Lipinski definition) is 4. The third-order valence-corrected chi connectivity index (χ3v) is 3.46. The lowest BCUT2D eigenvalue weighted by atomic mass is 10.3. The van der Waals surface area contributed by atoms with Crippen molar-refractivity contribution in [2.24, 2.45) is 0 Å². The van der Waals surface area contributed by atoms with Gasteiger partial charge in [0.25, 0.3) is 0 Å². The molecule has 0 saturated carbocycles. The van der Waals surface area contributed by atoms with Crippen molar-refractivity contribution in [1.29, 1.82) is 0 Å². The van der Waals surface area contributed by atoms with Gasteiger partial charge in [-0.25, -0.2) is 4.98 Å². The Morgan fingerprint density at radius 1 is 1.50 bits per heavy atom. The highest BCUT2D eigenvalue weighted by molar-refractivity contribution is 7.18. The van der Waals surface area contributed by atoms with Gasteiger partial charge < -0.3 is 5.11 Å². The number of carboxylic acids is 1. The SMILES string of the molecule is C=CCN(CC(=O)O)Cc1nc2ccccc2s1. The maximum Gasteiger partial charge on any atom is 0.317 e. The third kappa shape index (κ3) is 3.15. The average molecular weight is 262 g/mol. The number of aromatic nitrogens is 1. The largest absolute Gasteiger partial charge is 0.480 e. The first-order valence-corrected chi connectivity index (χ1v) is 6.40. The Bertz CT molecular complexity index is 532. The summed E-state index contributed by atoms with van der Waals surface area (Å²) < 4.78 is 1.13. The second-order valence-corrected chi connectivity index (χ2v) is 5.04. The third-order valence-electron chi connectivity index (χ3n) is 2.44. The first-order chi connectivity index (χ1) is 8.69. The zero-order valence-corrected chi connectivity index (χ0v) is 10.7. The maximum absolute atomic E-state index is 10.8. The predicted octanol–water partition coefficient (Wildman–Crippen LogP) is 2.37. The van der Waals surface area contributed by atoms with Gasteiger partial charge in [0, 0.05) is 6.54 Å². The van der Waals surface area contributed by atoms with Crippen molar-refractivity contribution < 1.29 is 9.90 Å². The lowest BCUT2D eigenvalue weighted by Gasteiger charge is -2.16. The summed E-state index contributed by atoms with van der Waals surface area (Å²) in [5, 5.41) is 9.77. The Morgan fingerprint density at radius 3 is 2.94 bits per heavy atom. The summed E-state index contributed by atoms with van der Waals surface area (Å²) in [5.41, 5.74) is 0.964. The molecule has 2 aromatic rings. The molecule has 0 unspecified atom stereocenters. The van der Waals surface area contributed by atoms with E-state index in [-0.39, 0.29) is 6.54 Å². The van der Waals surface area contributed by atoms with E-state index in [9.17, 15) is 4.79 Å². The van der Waals surface area contributed by atoms with Crippen molar-refractivity contribution in [2.45, 2.75) is 6.54 Å². The molecule has 0 saturated heterocycles. The van der Waals surface area contributed by atoms with E-state index < -0.39 is 5.97 Å². The molecular formula is C13H14N2O2S. The molecule has 0 radical (unpaired) electrons. The van der Waals surface area contributed by atoms with E-state index >= 15 is 0 Å². The van der Waals surface area contributed by atoms with Crippen molar-refractivity contribution in [3.63, 3.8) is 0 Å². The van der Waals surface area contributed by atoms with Crippen LogP contribution in [0.4, 0.5) is 0 Å². The smallest absolute Gasteiger partial charge is 0.317 e. The van der Waals surface area contributed by atoms with E-state index in [0.717, 1.165) is 15.2 Å². The quantitative estimate of drug-likeness (QED) is 0.812. The van der Waals surface area contributed by atoms with Gasteiger partial charge >= 0.3 is 5.97 Å². The summed E-state index contributed by atoms with van der Waals surface area (Å²) in [6, 6.07) is 7.91. The lowest BCUT2D eigenvalue weighted by molar-refractivity contribution is -0.138. The molecule has 0 aliphatic heterocycles. The number of carboxylic acid groups (broad SMARTS) is 1. The first-order valence-electron chi connectivity index (χ1n) is 5.58. The van der Waals surface area contributed by atoms with Crippen LogP contribution in [0, 0.1) is 0 Å². The van der Waals surface area contributed by atoms with Crippen molar-refractivity contribution in [2.75, 3.05) is 13.1 Å². The van der Waals surface area contributed by atoms with Gasteiger partial charge in [0.15, 0.2) is 0 Å². The van der Waals surface area contributed by atoms with E-state index in [2.05, 4.69) is 11.6 Å². The zero-order valence-electron chi connectivity index (χ0n) is 9.87. The molecular weight excluding hydrogens is 248 g/mol. The molecule has 94 valence electrons. The highest BCUT2D eigenvalue weighted by Crippen LogP contribution is 2.22. The number of aliphatic carboxylic acids is 1. The van der Waals surface area contributed by atoms with Crippen molar-refractivity contribution in [3.8, 4) is 0 Å². The Hall–Kier alpha value is -1.72. The number of fused-ring (bicyclic) bond motifs is 1. The van der Waals surface area contributed by atoms with Gasteiger partial charge in [-0.3, -0.25) is 9.69 Å². The Kier molecular flexibility index (Phi) is 4.07. The lowest BCUT2D eigenvalue weighted by Crippen LogP contribution is -2.29. The molecule has 1 aromatic carbocycles. The van der Waals surface area contributed by atoms with E-state index in [1.165, 1.54) is 0 Å². The van der Waals surface area contributed by atoms with Crippen LogP contribution in [0.2, 0.25) is 0 Å². The van der Waals surface area contributed by atoms with Gasteiger partial charge in [-0.2, -0.15) is 0 Å². The van der Waals surface area contributed by atoms with Gasteiger partial charge in [0.2, 0.25) is 0 Å². The molecule has 1 aromatic heterocycles. The van der Waals surface area contributed by atoms with Gasteiger partial charge in [-0.1, -0.05) is 18.2 Å². The monoisotopic (exact) mass is 262 g/mol. The molecule has 0 atom stereocenters. The molecule has 2 rings (SSSR count). The molecule has 5 heteroatoms. The van der Waals surface area contributed by atoms with Crippen LogP contribution in [0.25, 0.3) is 10.2 Å². The minimum atomic E-state index is -0.835. The zero-order chi connectivity index (χ0) is 13.0. The van der Waals surface area contributed by atoms with Crippen LogP contribution in [-0.4, -0.2) is 34.0 Å². The fourth-order valence-corrected chi connectivity index (χ4v) is 2.75. The summed E-state index contributed by atoms with van der Waals surface area (Å²) in [4.78, 5) is 17.0. The normalized spacial score (nSPS) is 10.9. The van der Waals surface area contributed by atoms with E-state index in [0.29, 0.717) is 13.1 Å². The second-order valence-electron chi connectivity index (χ2n) is 3.93. The number of carbonyl (C=O) groups is 1. The summed E-state index contributed by atoms with van der Waals surface area (Å²) >= 11 is 1.60. The van der Waals surface area contributed by atoms with Crippen LogP contribution in [0.15, 0.2) is 36.9 Å². The Morgan fingerprint density at radius 2 is 2.28 bits per heavy atom. The topological polar surface area (TPSA) is 53.4 Å². The standard InChI is InChI=1S/C13H14N2O2S/c1-2-7-15(9-13(16)17)8-12-14-10-5-3-4-6-11(10)18-12/h2-6H,1,7-9H2,(H,16,17). The fourth-order valence-electron chi connectivity index (χ4n) is 1.74. The number of thiazole rings is 1. The number of hydrogen-bond donors (Lipinski definition) is 1. The number of nitrogens with zero attached hydrogens (tertiary/aromatic N) is 2. The minimum absolute atomic E-state index is 0.00193. The minimum Gasteiger partial charge on any atom is -0.480 e. The van der Waals surface area contributed by atoms with Crippen LogP contribution in [0.3, 0.4) is 0 Å². The van der Waals surface area contributed by atoms with Crippen LogP contribution in [0.1, 0.15) is 5.01 Å². The number of benzene rings is 1. The Balaban J connectivity index is 2.14. The summed E-state index contributed by atoms with van der Waals surface area (Å²) in [6.45, 7) is 4.73. The molecule has 0 aliphatic rings. The summed E-state index contributed by atoms with van der Waals surface area (Å²) in [5.74, 6) is -0.835. The highest BCUT2D eigenvalue weighted by Gasteiger charge is 2.11. The number of para-hydroxylation sites is 1. The molecule has 18 heavy (non-hydrogen) atoms. The van der Waals surface area contributed by atoms with Crippen molar-refractivity contribution >= 4 is 27.5 Å². The summed E-state index contributed by atoms with van der Waals surface area (Å²) in [6.07, 6.45) is 1.70. The molecule has 0 aliphatic carbocycles. The van der Waals surface area contributed by atoms with E-state index in [1.807, 2.05) is 24.3 Å². The van der Waals surface area contributed by atoms with Crippen molar-refractivity contribution in [1.82, 2.24) is 9.88 Å². The molecule has 0 fully saturated rings. The molecule has 0 amide bonds. The van der Waals surface area contributed by atoms with Gasteiger partial charge in [-0.15, -0.1) is 17.9 Å². The van der Waals surface area contributed by atoms with Crippen molar-refractivity contribution in [3.05, 3.63) is 41.9 Å². The van der Waals surface area contributed by atoms with E-state index in [1.54, 1.807) is 22.3 Å². The van der Waals surface area contributed by atoms with Crippen LogP contribution in [0.5, 0.6) is 0 Å². The van der Waals surface area contributed by atoms with Crippen LogP contribution in [-0.2, 0) is 11.3 Å². The predicted molar refractivity (Wildman–Crippen MR) is 72.7 cm³/mol. The highest BCUT2D eigenvalue weighted by atomic mass is 32.1. The fraction of sp³-hybridized carbons (Fsp3) is 0.231. The second kappa shape index (κ2) is 5.75. The van der Waals surface area contributed by atoms with Crippen LogP contribution < -0.4 is 0 Å². The number of rotatable bonds is 6.